The molecule has 2 unspecified atom stereocenters. The summed E-state index contributed by atoms with van der Waals surface area (Å²) in [6.45, 7) is 1.41. The lowest BCUT2D eigenvalue weighted by molar-refractivity contribution is -0.141. The zero-order chi connectivity index (χ0) is 18.1. The Morgan fingerprint density at radius 3 is 2.69 bits per heavy atom. The van der Waals surface area contributed by atoms with Gasteiger partial charge in [0.1, 0.15) is 5.75 Å². The quantitative estimate of drug-likeness (QED) is 0.919. The number of likely N-dealkylation sites (tertiary alicyclic amines) is 1. The van der Waals surface area contributed by atoms with Gasteiger partial charge in [0.15, 0.2) is 0 Å². The standard InChI is InChI=1S/C21H21NO4/c23-20(11-14-6-7-19-16(10-14)8-9-26-19)22-12-17(18(13-22)21(24)25)15-4-2-1-3-5-15/h1-7,10,17-18H,8-9,11-13H2,(H,24,25). The number of nitrogens with zero attached hydrogens (tertiary/aromatic N) is 1. The predicted molar refractivity (Wildman–Crippen MR) is 96.2 cm³/mol. The Balaban J connectivity index is 1.49. The summed E-state index contributed by atoms with van der Waals surface area (Å²) in [5.41, 5.74) is 3.07. The fourth-order valence-corrected chi connectivity index (χ4v) is 3.93. The Hall–Kier alpha value is -2.82. The monoisotopic (exact) mass is 351 g/mol. The molecule has 1 N–H and O–H groups in total. The van der Waals surface area contributed by atoms with Crippen LogP contribution in [0.1, 0.15) is 22.6 Å². The molecule has 2 aliphatic heterocycles. The molecule has 26 heavy (non-hydrogen) atoms. The van der Waals surface area contributed by atoms with Crippen molar-refractivity contribution in [3.8, 4) is 5.75 Å². The van der Waals surface area contributed by atoms with Crippen molar-refractivity contribution in [2.24, 2.45) is 5.92 Å². The van der Waals surface area contributed by atoms with Crippen LogP contribution in [0.25, 0.3) is 0 Å². The number of hydrogen-bond acceptors (Lipinski definition) is 3. The SMILES string of the molecule is O=C(O)C1CN(C(=O)Cc2ccc3c(c2)CCO3)CC1c1ccccc1. The summed E-state index contributed by atoms with van der Waals surface area (Å²) in [5, 5.41) is 9.59. The maximum Gasteiger partial charge on any atom is 0.308 e. The first kappa shape index (κ1) is 16.6. The van der Waals surface area contributed by atoms with Gasteiger partial charge in [-0.15, -0.1) is 0 Å². The molecule has 0 radical (unpaired) electrons. The topological polar surface area (TPSA) is 66.8 Å². The Bertz CT molecular complexity index is 833. The molecular formula is C21H21NO4. The predicted octanol–water partition coefficient (Wildman–Crippen LogP) is 2.49. The van der Waals surface area contributed by atoms with Crippen LogP contribution < -0.4 is 4.74 Å². The zero-order valence-electron chi connectivity index (χ0n) is 14.4. The van der Waals surface area contributed by atoms with E-state index in [2.05, 4.69) is 0 Å². The largest absolute Gasteiger partial charge is 0.493 e. The molecule has 2 aromatic carbocycles. The molecule has 5 heteroatoms. The molecule has 2 aliphatic rings. The molecule has 1 amide bonds. The normalized spacial score (nSPS) is 21.3. The number of amides is 1. The summed E-state index contributed by atoms with van der Waals surface area (Å²) in [6.07, 6.45) is 1.17. The first-order chi connectivity index (χ1) is 12.6. The van der Waals surface area contributed by atoms with E-state index in [9.17, 15) is 14.7 Å². The molecule has 5 nitrogen and oxygen atoms in total. The van der Waals surface area contributed by atoms with Crippen LogP contribution in [-0.4, -0.2) is 41.6 Å². The van der Waals surface area contributed by atoms with E-state index in [0.29, 0.717) is 19.6 Å². The molecule has 1 fully saturated rings. The summed E-state index contributed by atoms with van der Waals surface area (Å²) in [4.78, 5) is 26.1. The van der Waals surface area contributed by atoms with Crippen LogP contribution in [-0.2, 0) is 22.4 Å². The van der Waals surface area contributed by atoms with Gasteiger partial charge in [-0.2, -0.15) is 0 Å². The highest BCUT2D eigenvalue weighted by atomic mass is 16.5. The molecule has 2 aromatic rings. The fraction of sp³-hybridized carbons (Fsp3) is 0.333. The smallest absolute Gasteiger partial charge is 0.308 e. The Morgan fingerprint density at radius 2 is 1.92 bits per heavy atom. The third-order valence-electron chi connectivity index (χ3n) is 5.33. The Morgan fingerprint density at radius 1 is 1.12 bits per heavy atom. The number of carboxylic acid groups (broad SMARTS) is 1. The molecule has 0 aromatic heterocycles. The minimum atomic E-state index is -0.844. The summed E-state index contributed by atoms with van der Waals surface area (Å²) < 4.78 is 5.50. The van der Waals surface area contributed by atoms with Crippen molar-refractivity contribution >= 4 is 11.9 Å². The van der Waals surface area contributed by atoms with Crippen LogP contribution in [0.5, 0.6) is 5.75 Å². The maximum absolute atomic E-state index is 12.8. The van der Waals surface area contributed by atoms with Gasteiger partial charge in [0.05, 0.1) is 18.9 Å². The first-order valence-electron chi connectivity index (χ1n) is 8.92. The lowest BCUT2D eigenvalue weighted by Gasteiger charge is -2.17. The maximum atomic E-state index is 12.8. The fourth-order valence-electron chi connectivity index (χ4n) is 3.93. The highest BCUT2D eigenvalue weighted by molar-refractivity contribution is 5.81. The van der Waals surface area contributed by atoms with Gasteiger partial charge in [-0.1, -0.05) is 42.5 Å². The lowest BCUT2D eigenvalue weighted by atomic mass is 9.89. The van der Waals surface area contributed by atoms with Gasteiger partial charge in [-0.25, -0.2) is 0 Å². The summed E-state index contributed by atoms with van der Waals surface area (Å²) in [7, 11) is 0. The van der Waals surface area contributed by atoms with Crippen LogP contribution in [0.15, 0.2) is 48.5 Å². The Labute approximate surface area is 152 Å². The van der Waals surface area contributed by atoms with Gasteiger partial charge >= 0.3 is 5.97 Å². The van der Waals surface area contributed by atoms with E-state index in [4.69, 9.17) is 4.74 Å². The van der Waals surface area contributed by atoms with E-state index in [1.165, 1.54) is 0 Å². The van der Waals surface area contributed by atoms with E-state index in [1.54, 1.807) is 4.90 Å². The van der Waals surface area contributed by atoms with Crippen molar-refractivity contribution in [1.29, 1.82) is 0 Å². The first-order valence-corrected chi connectivity index (χ1v) is 8.92. The van der Waals surface area contributed by atoms with Crippen molar-refractivity contribution in [2.75, 3.05) is 19.7 Å². The van der Waals surface area contributed by atoms with Crippen LogP contribution in [0.4, 0.5) is 0 Å². The van der Waals surface area contributed by atoms with Crippen LogP contribution in [0, 0.1) is 5.92 Å². The van der Waals surface area contributed by atoms with E-state index in [0.717, 1.165) is 28.9 Å². The van der Waals surface area contributed by atoms with Crippen LogP contribution in [0.3, 0.4) is 0 Å². The average molecular weight is 351 g/mol. The number of rotatable bonds is 4. The number of hydrogen-bond donors (Lipinski definition) is 1. The molecule has 2 atom stereocenters. The molecular weight excluding hydrogens is 330 g/mol. The minimum Gasteiger partial charge on any atom is -0.493 e. The number of aliphatic carboxylic acids is 1. The summed E-state index contributed by atoms with van der Waals surface area (Å²) in [5.74, 6) is -0.685. The molecule has 0 spiro atoms. The second-order valence-electron chi connectivity index (χ2n) is 6.98. The minimum absolute atomic E-state index is 0.0199. The second kappa shape index (κ2) is 6.83. The molecule has 0 saturated carbocycles. The van der Waals surface area contributed by atoms with Gasteiger partial charge < -0.3 is 14.7 Å². The number of carbonyl (C=O) groups excluding carboxylic acids is 1. The molecule has 134 valence electrons. The highest BCUT2D eigenvalue weighted by Crippen LogP contribution is 2.33. The van der Waals surface area contributed by atoms with Crippen molar-refractivity contribution < 1.29 is 19.4 Å². The van der Waals surface area contributed by atoms with E-state index in [1.807, 2.05) is 48.5 Å². The average Bonchev–Trinajstić information content (AvgIpc) is 3.29. The summed E-state index contributed by atoms with van der Waals surface area (Å²) >= 11 is 0. The molecule has 0 aliphatic carbocycles. The van der Waals surface area contributed by atoms with Crippen molar-refractivity contribution in [2.45, 2.75) is 18.8 Å². The van der Waals surface area contributed by atoms with Gasteiger partial charge in [0, 0.05) is 25.4 Å². The van der Waals surface area contributed by atoms with Crippen molar-refractivity contribution in [3.63, 3.8) is 0 Å². The molecule has 1 saturated heterocycles. The van der Waals surface area contributed by atoms with Gasteiger partial charge in [-0.3, -0.25) is 9.59 Å². The van der Waals surface area contributed by atoms with E-state index < -0.39 is 11.9 Å². The number of carbonyl (C=O) groups is 2. The van der Waals surface area contributed by atoms with E-state index >= 15 is 0 Å². The third-order valence-corrected chi connectivity index (χ3v) is 5.33. The molecule has 2 heterocycles. The number of benzene rings is 2. The van der Waals surface area contributed by atoms with Gasteiger partial charge in [-0.05, 0) is 22.8 Å². The highest BCUT2D eigenvalue weighted by Gasteiger charge is 2.40. The molecule has 0 bridgehead atoms. The van der Waals surface area contributed by atoms with Crippen LogP contribution >= 0.6 is 0 Å². The van der Waals surface area contributed by atoms with Crippen LogP contribution in [0.2, 0.25) is 0 Å². The lowest BCUT2D eigenvalue weighted by Crippen LogP contribution is -2.31. The Kier molecular flexibility index (Phi) is 4.37. The van der Waals surface area contributed by atoms with E-state index in [-0.39, 0.29) is 18.4 Å². The molecule has 4 rings (SSSR count). The van der Waals surface area contributed by atoms with Gasteiger partial charge in [0.2, 0.25) is 5.91 Å². The number of fused-ring (bicyclic) bond motifs is 1. The summed E-state index contributed by atoms with van der Waals surface area (Å²) in [6, 6.07) is 15.5. The van der Waals surface area contributed by atoms with Gasteiger partial charge in [0.25, 0.3) is 0 Å². The van der Waals surface area contributed by atoms with Crippen molar-refractivity contribution in [3.05, 3.63) is 65.2 Å². The van der Waals surface area contributed by atoms with Crippen molar-refractivity contribution in [1.82, 2.24) is 4.90 Å². The number of carboxylic acids is 1. The number of ether oxygens (including phenoxy) is 1. The second-order valence-corrected chi connectivity index (χ2v) is 6.98. The third kappa shape index (κ3) is 3.17. The zero-order valence-corrected chi connectivity index (χ0v) is 14.4.